The Morgan fingerprint density at radius 3 is 2.81 bits per heavy atom. The molecule has 0 radical (unpaired) electrons. The first kappa shape index (κ1) is 20.8. The van der Waals surface area contributed by atoms with Crippen molar-refractivity contribution < 1.29 is 13.2 Å². The van der Waals surface area contributed by atoms with Gasteiger partial charge in [-0.3, -0.25) is 0 Å². The largest absolute Gasteiger partial charge is 0.377 e. The lowest BCUT2D eigenvalue weighted by Gasteiger charge is -2.34. The molecule has 2 aromatic heterocycles. The molecule has 2 atom stereocenters. The molecule has 2 aromatic rings. The Balaban J connectivity index is 1.69. The van der Waals surface area contributed by atoms with Crippen molar-refractivity contribution in [1.29, 1.82) is 0 Å². The zero-order valence-corrected chi connectivity index (χ0v) is 19.2. The highest BCUT2D eigenvalue weighted by atomic mass is 35.5. The number of ether oxygens (including phenoxy) is 1. The van der Waals surface area contributed by atoms with Crippen molar-refractivity contribution in [3.8, 4) is 11.4 Å². The number of fused-ring (bicyclic) bond motifs is 1. The maximum Gasteiger partial charge on any atom is 0.162 e. The molecular formula is C22H25ClN4O3S. The third-order valence-electron chi connectivity index (χ3n) is 6.24. The SMILES string of the molecule is CC1=Cc2c(-c3nc(C4CCCS4(=O)=O)cc(N4CCOC[C@H]4C)n3)cc(Cl)nc2C1. The zero-order chi connectivity index (χ0) is 21.8. The predicted octanol–water partition coefficient (Wildman–Crippen LogP) is 3.63. The molecule has 2 saturated heterocycles. The monoisotopic (exact) mass is 460 g/mol. The number of allylic oxidation sites excluding steroid dienone is 1. The van der Waals surface area contributed by atoms with E-state index in [1.165, 1.54) is 5.57 Å². The highest BCUT2D eigenvalue weighted by molar-refractivity contribution is 7.91. The van der Waals surface area contributed by atoms with Gasteiger partial charge in [-0.05, 0) is 32.8 Å². The van der Waals surface area contributed by atoms with Crippen molar-refractivity contribution in [3.05, 3.63) is 39.8 Å². The molecule has 2 aliphatic heterocycles. The molecule has 0 bridgehead atoms. The Hall–Kier alpha value is -2.03. The molecule has 0 N–H and O–H groups in total. The highest BCUT2D eigenvalue weighted by Crippen LogP contribution is 2.38. The number of hydrogen-bond acceptors (Lipinski definition) is 7. The van der Waals surface area contributed by atoms with Crippen LogP contribution in [0.5, 0.6) is 0 Å². The van der Waals surface area contributed by atoms with E-state index in [9.17, 15) is 8.42 Å². The molecule has 1 aliphatic carbocycles. The van der Waals surface area contributed by atoms with Gasteiger partial charge in [0.25, 0.3) is 0 Å². The maximum atomic E-state index is 12.7. The van der Waals surface area contributed by atoms with Crippen LogP contribution in [0.15, 0.2) is 17.7 Å². The molecule has 7 nitrogen and oxygen atoms in total. The van der Waals surface area contributed by atoms with E-state index in [-0.39, 0.29) is 11.8 Å². The van der Waals surface area contributed by atoms with Crippen molar-refractivity contribution in [3.63, 3.8) is 0 Å². The lowest BCUT2D eigenvalue weighted by atomic mass is 10.1. The van der Waals surface area contributed by atoms with E-state index in [2.05, 4.69) is 29.8 Å². The van der Waals surface area contributed by atoms with Crippen LogP contribution in [0.3, 0.4) is 0 Å². The molecule has 0 saturated carbocycles. The summed E-state index contributed by atoms with van der Waals surface area (Å²) in [6.45, 7) is 6.05. The minimum Gasteiger partial charge on any atom is -0.377 e. The van der Waals surface area contributed by atoms with Crippen LogP contribution in [0.4, 0.5) is 5.82 Å². The van der Waals surface area contributed by atoms with Gasteiger partial charge in [-0.15, -0.1) is 0 Å². The van der Waals surface area contributed by atoms with Crippen LogP contribution in [0.1, 0.15) is 48.9 Å². The molecule has 164 valence electrons. The Kier molecular flexibility index (Phi) is 5.27. The fourth-order valence-electron chi connectivity index (χ4n) is 4.69. The molecule has 5 rings (SSSR count). The summed E-state index contributed by atoms with van der Waals surface area (Å²) in [7, 11) is -3.21. The highest BCUT2D eigenvalue weighted by Gasteiger charge is 2.35. The lowest BCUT2D eigenvalue weighted by Crippen LogP contribution is -2.44. The Morgan fingerprint density at radius 2 is 2.06 bits per heavy atom. The first-order chi connectivity index (χ1) is 14.8. The fourth-order valence-corrected chi connectivity index (χ4v) is 6.77. The van der Waals surface area contributed by atoms with Crippen molar-refractivity contribution in [1.82, 2.24) is 15.0 Å². The number of pyridine rings is 1. The third kappa shape index (κ3) is 3.85. The number of nitrogens with zero attached hydrogens (tertiary/aromatic N) is 4. The van der Waals surface area contributed by atoms with Crippen molar-refractivity contribution in [2.75, 3.05) is 30.4 Å². The summed E-state index contributed by atoms with van der Waals surface area (Å²) in [5, 5.41) is -0.201. The summed E-state index contributed by atoms with van der Waals surface area (Å²) in [5.41, 5.74) is 4.43. The first-order valence-corrected chi connectivity index (χ1v) is 12.7. The van der Waals surface area contributed by atoms with E-state index < -0.39 is 15.1 Å². The number of aromatic nitrogens is 3. The van der Waals surface area contributed by atoms with Crippen molar-refractivity contribution in [2.45, 2.75) is 44.4 Å². The average molecular weight is 461 g/mol. The van der Waals surface area contributed by atoms with Crippen LogP contribution in [-0.2, 0) is 21.0 Å². The van der Waals surface area contributed by atoms with Crippen molar-refractivity contribution in [2.24, 2.45) is 0 Å². The smallest absolute Gasteiger partial charge is 0.162 e. The summed E-state index contributed by atoms with van der Waals surface area (Å²) < 4.78 is 31.0. The molecule has 31 heavy (non-hydrogen) atoms. The molecule has 0 spiro atoms. The quantitative estimate of drug-likeness (QED) is 0.646. The van der Waals surface area contributed by atoms with Gasteiger partial charge < -0.3 is 9.64 Å². The van der Waals surface area contributed by atoms with Gasteiger partial charge in [-0.25, -0.2) is 23.4 Å². The number of morpholine rings is 1. The van der Waals surface area contributed by atoms with E-state index in [4.69, 9.17) is 26.3 Å². The summed E-state index contributed by atoms with van der Waals surface area (Å²) in [6.07, 6.45) is 4.08. The van der Waals surface area contributed by atoms with Gasteiger partial charge in [-0.2, -0.15) is 0 Å². The summed E-state index contributed by atoms with van der Waals surface area (Å²) >= 11 is 6.34. The van der Waals surface area contributed by atoms with E-state index in [1.807, 2.05) is 6.07 Å². The minimum absolute atomic E-state index is 0.137. The van der Waals surface area contributed by atoms with E-state index in [1.54, 1.807) is 6.07 Å². The van der Waals surface area contributed by atoms with Gasteiger partial charge in [0.1, 0.15) is 16.2 Å². The Labute approximate surface area is 187 Å². The predicted molar refractivity (Wildman–Crippen MR) is 121 cm³/mol. The van der Waals surface area contributed by atoms with Crippen LogP contribution in [0.2, 0.25) is 5.15 Å². The van der Waals surface area contributed by atoms with Crippen LogP contribution in [0, 0.1) is 0 Å². The number of halogens is 1. The van der Waals surface area contributed by atoms with Gasteiger partial charge in [0.2, 0.25) is 0 Å². The molecule has 2 fully saturated rings. The number of anilines is 1. The molecule has 0 amide bonds. The van der Waals surface area contributed by atoms with Crippen LogP contribution < -0.4 is 4.90 Å². The third-order valence-corrected chi connectivity index (χ3v) is 8.63. The summed E-state index contributed by atoms with van der Waals surface area (Å²) in [6, 6.07) is 3.77. The summed E-state index contributed by atoms with van der Waals surface area (Å²) in [4.78, 5) is 16.3. The fraction of sp³-hybridized carbons (Fsp3) is 0.500. The molecule has 3 aliphatic rings. The van der Waals surface area contributed by atoms with Gasteiger partial charge in [0.05, 0.1) is 36.4 Å². The second-order valence-corrected chi connectivity index (χ2v) is 11.3. The Bertz CT molecular complexity index is 1180. The second kappa shape index (κ2) is 7.83. The molecule has 0 aromatic carbocycles. The van der Waals surface area contributed by atoms with E-state index in [0.717, 1.165) is 29.1 Å². The minimum atomic E-state index is -3.21. The average Bonchev–Trinajstić information content (AvgIpc) is 3.27. The number of sulfone groups is 1. The number of hydrogen-bond donors (Lipinski definition) is 0. The van der Waals surface area contributed by atoms with E-state index >= 15 is 0 Å². The number of rotatable bonds is 3. The summed E-state index contributed by atoms with van der Waals surface area (Å²) in [5.74, 6) is 1.44. The van der Waals surface area contributed by atoms with Gasteiger partial charge in [-0.1, -0.05) is 23.3 Å². The lowest BCUT2D eigenvalue weighted by molar-refractivity contribution is 0.0985. The normalized spacial score (nSPS) is 24.9. The van der Waals surface area contributed by atoms with E-state index in [0.29, 0.717) is 49.3 Å². The topological polar surface area (TPSA) is 85.3 Å². The first-order valence-electron chi connectivity index (χ1n) is 10.6. The Morgan fingerprint density at radius 1 is 1.23 bits per heavy atom. The molecular weight excluding hydrogens is 436 g/mol. The molecule has 9 heteroatoms. The zero-order valence-electron chi connectivity index (χ0n) is 17.6. The van der Waals surface area contributed by atoms with Crippen LogP contribution in [-0.4, -0.2) is 54.9 Å². The van der Waals surface area contributed by atoms with Gasteiger partial charge >= 0.3 is 0 Å². The standard InChI is InChI=1S/C22H25ClN4O3S/c1-13-8-15-16(10-20(23)24-17(15)9-13)22-25-18(19-4-3-7-31(19,28)29)11-21(26-22)27-5-6-30-12-14(27)2/h8,10-11,14,19H,3-7,9,12H2,1-2H3/t14-,19?/m1/s1. The van der Waals surface area contributed by atoms with Crippen LogP contribution in [0.25, 0.3) is 17.5 Å². The van der Waals surface area contributed by atoms with Gasteiger partial charge in [0.15, 0.2) is 15.7 Å². The van der Waals surface area contributed by atoms with Crippen LogP contribution >= 0.6 is 11.6 Å². The van der Waals surface area contributed by atoms with Gasteiger partial charge in [0, 0.05) is 30.2 Å². The second-order valence-electron chi connectivity index (χ2n) is 8.61. The molecule has 4 heterocycles. The maximum absolute atomic E-state index is 12.7. The van der Waals surface area contributed by atoms with Crippen molar-refractivity contribution >= 4 is 33.3 Å². The molecule has 1 unspecified atom stereocenters.